The Morgan fingerprint density at radius 1 is 1.53 bits per heavy atom. The van der Waals surface area contributed by atoms with Crippen LogP contribution >= 0.6 is 23.6 Å². The first-order valence-electron chi connectivity index (χ1n) is 5.97. The number of amides is 2. The van der Waals surface area contributed by atoms with E-state index in [-0.39, 0.29) is 17.6 Å². The first kappa shape index (κ1) is 14.0. The van der Waals surface area contributed by atoms with Crippen molar-refractivity contribution in [2.75, 3.05) is 6.54 Å². The number of rotatable bonds is 5. The van der Waals surface area contributed by atoms with Crippen LogP contribution in [0.2, 0.25) is 0 Å². The van der Waals surface area contributed by atoms with Gasteiger partial charge in [-0.2, -0.15) is 0 Å². The van der Waals surface area contributed by atoms with Gasteiger partial charge in [-0.15, -0.1) is 11.3 Å². The van der Waals surface area contributed by atoms with Crippen molar-refractivity contribution >= 4 is 40.4 Å². The van der Waals surface area contributed by atoms with Crippen LogP contribution in [-0.2, 0) is 16.1 Å². The van der Waals surface area contributed by atoms with Crippen molar-refractivity contribution in [2.45, 2.75) is 25.4 Å². The van der Waals surface area contributed by atoms with Gasteiger partial charge in [-0.25, -0.2) is 0 Å². The van der Waals surface area contributed by atoms with E-state index < -0.39 is 11.8 Å². The van der Waals surface area contributed by atoms with Crippen molar-refractivity contribution in [1.82, 2.24) is 10.2 Å². The number of nitrogens with one attached hydrogen (secondary N) is 1. The summed E-state index contributed by atoms with van der Waals surface area (Å²) in [7, 11) is 0. The first-order chi connectivity index (χ1) is 9.08. The molecule has 5 nitrogen and oxygen atoms in total. The van der Waals surface area contributed by atoms with Gasteiger partial charge in [0, 0.05) is 10.9 Å². The summed E-state index contributed by atoms with van der Waals surface area (Å²) >= 11 is 6.24. The van der Waals surface area contributed by atoms with E-state index in [1.807, 2.05) is 17.5 Å². The second kappa shape index (κ2) is 6.12. The summed E-state index contributed by atoms with van der Waals surface area (Å²) in [4.78, 5) is 26.7. The maximum Gasteiger partial charge on any atom is 0.312 e. The summed E-state index contributed by atoms with van der Waals surface area (Å²) < 4.78 is 0. The van der Waals surface area contributed by atoms with Crippen LogP contribution in [0.15, 0.2) is 17.5 Å². The molecule has 7 heteroatoms. The normalized spacial score (nSPS) is 13.9. The highest BCUT2D eigenvalue weighted by molar-refractivity contribution is 7.80. The Balaban J connectivity index is 1.96. The zero-order valence-electron chi connectivity index (χ0n) is 10.3. The molecule has 1 aromatic heterocycles. The molecule has 0 unspecified atom stereocenters. The summed E-state index contributed by atoms with van der Waals surface area (Å²) in [5, 5.41) is 4.39. The lowest BCUT2D eigenvalue weighted by Gasteiger charge is -2.20. The lowest BCUT2D eigenvalue weighted by molar-refractivity contribution is -0.146. The van der Waals surface area contributed by atoms with Crippen LogP contribution in [0, 0.1) is 0 Å². The predicted octanol–water partition coefficient (Wildman–Crippen LogP) is 0.641. The van der Waals surface area contributed by atoms with Gasteiger partial charge in [0.1, 0.15) is 0 Å². The molecule has 102 valence electrons. The fraction of sp³-hybridized carbons (Fsp3) is 0.417. The molecule has 0 aromatic carbocycles. The largest absolute Gasteiger partial charge is 0.392 e. The van der Waals surface area contributed by atoms with E-state index in [0.29, 0.717) is 6.54 Å². The molecular formula is C12H15N3O2S2. The van der Waals surface area contributed by atoms with E-state index in [1.54, 1.807) is 16.2 Å². The number of thiocarbonyl (C=S) groups is 1. The van der Waals surface area contributed by atoms with Crippen LogP contribution in [0.5, 0.6) is 0 Å². The monoisotopic (exact) mass is 297 g/mol. The van der Waals surface area contributed by atoms with Crippen molar-refractivity contribution in [3.8, 4) is 0 Å². The smallest absolute Gasteiger partial charge is 0.312 e. The fourth-order valence-corrected chi connectivity index (χ4v) is 2.47. The maximum atomic E-state index is 12.1. The number of nitrogens with two attached hydrogens (primary N) is 1. The van der Waals surface area contributed by atoms with Gasteiger partial charge in [0.25, 0.3) is 0 Å². The van der Waals surface area contributed by atoms with Crippen LogP contribution in [0.25, 0.3) is 0 Å². The molecule has 2 amide bonds. The van der Waals surface area contributed by atoms with E-state index in [9.17, 15) is 9.59 Å². The van der Waals surface area contributed by atoms with Crippen LogP contribution < -0.4 is 11.1 Å². The summed E-state index contributed by atoms with van der Waals surface area (Å²) in [5.74, 6) is -1.15. The molecule has 0 saturated heterocycles. The maximum absolute atomic E-state index is 12.1. The van der Waals surface area contributed by atoms with Crippen molar-refractivity contribution in [3.05, 3.63) is 22.4 Å². The van der Waals surface area contributed by atoms with Gasteiger partial charge in [-0.1, -0.05) is 18.3 Å². The molecule has 0 aliphatic heterocycles. The molecular weight excluding hydrogens is 282 g/mol. The Bertz CT molecular complexity index is 483. The van der Waals surface area contributed by atoms with Crippen LogP contribution in [0.3, 0.4) is 0 Å². The number of thiophene rings is 1. The summed E-state index contributed by atoms with van der Waals surface area (Å²) in [6, 6.07) is 4.08. The van der Waals surface area contributed by atoms with Crippen LogP contribution in [-0.4, -0.2) is 34.3 Å². The third kappa shape index (κ3) is 4.00. The molecule has 0 atom stereocenters. The second-order valence-electron chi connectivity index (χ2n) is 4.39. The topological polar surface area (TPSA) is 75.4 Å². The summed E-state index contributed by atoms with van der Waals surface area (Å²) in [5.41, 5.74) is 5.29. The zero-order chi connectivity index (χ0) is 13.8. The Morgan fingerprint density at radius 3 is 2.79 bits per heavy atom. The van der Waals surface area contributed by atoms with Gasteiger partial charge in [-0.3, -0.25) is 9.59 Å². The molecule has 1 fully saturated rings. The molecule has 0 bridgehead atoms. The van der Waals surface area contributed by atoms with E-state index in [4.69, 9.17) is 5.73 Å². The van der Waals surface area contributed by atoms with E-state index in [0.717, 1.165) is 17.7 Å². The van der Waals surface area contributed by atoms with E-state index in [2.05, 4.69) is 17.5 Å². The molecule has 19 heavy (non-hydrogen) atoms. The summed E-state index contributed by atoms with van der Waals surface area (Å²) in [6.07, 6.45) is 1.92. The van der Waals surface area contributed by atoms with Crippen LogP contribution in [0.1, 0.15) is 17.7 Å². The number of nitrogens with zero attached hydrogens (tertiary/aromatic N) is 1. The fourth-order valence-electron chi connectivity index (χ4n) is 1.70. The van der Waals surface area contributed by atoms with E-state index in [1.165, 1.54) is 0 Å². The molecule has 2 rings (SSSR count). The average molecular weight is 297 g/mol. The third-order valence-corrected chi connectivity index (χ3v) is 3.78. The molecule has 1 aliphatic carbocycles. The lowest BCUT2D eigenvalue weighted by atomic mass is 10.3. The molecule has 0 radical (unpaired) electrons. The second-order valence-corrected chi connectivity index (χ2v) is 5.95. The number of hydrogen-bond acceptors (Lipinski definition) is 4. The average Bonchev–Trinajstić information content (AvgIpc) is 3.09. The predicted molar refractivity (Wildman–Crippen MR) is 77.7 cm³/mol. The molecule has 0 spiro atoms. The third-order valence-electron chi connectivity index (χ3n) is 2.77. The van der Waals surface area contributed by atoms with Gasteiger partial charge in [0.2, 0.25) is 0 Å². The van der Waals surface area contributed by atoms with Gasteiger partial charge in [0.05, 0.1) is 18.1 Å². The van der Waals surface area contributed by atoms with Crippen molar-refractivity contribution in [2.24, 2.45) is 5.73 Å². The number of hydrogen-bond donors (Lipinski definition) is 2. The zero-order valence-corrected chi connectivity index (χ0v) is 11.9. The minimum absolute atomic E-state index is 0.0530. The van der Waals surface area contributed by atoms with Crippen molar-refractivity contribution < 1.29 is 9.59 Å². The van der Waals surface area contributed by atoms with Gasteiger partial charge in [0.15, 0.2) is 0 Å². The van der Waals surface area contributed by atoms with Crippen molar-refractivity contribution in [1.29, 1.82) is 0 Å². The van der Waals surface area contributed by atoms with Gasteiger partial charge < -0.3 is 16.0 Å². The standard InChI is InChI=1S/C12H15N3O2S2/c13-10(18)6-14-11(16)12(17)15(8-3-4-8)7-9-2-1-5-19-9/h1-2,5,8H,3-4,6-7H2,(H2,13,18)(H,14,16). The SMILES string of the molecule is NC(=S)CNC(=O)C(=O)N(Cc1cccs1)C1CC1. The Labute approximate surface area is 120 Å². The van der Waals surface area contributed by atoms with Gasteiger partial charge in [-0.05, 0) is 24.3 Å². The highest BCUT2D eigenvalue weighted by Gasteiger charge is 2.35. The molecule has 1 saturated carbocycles. The summed E-state index contributed by atoms with van der Waals surface area (Å²) in [6.45, 7) is 0.541. The molecule has 3 N–H and O–H groups in total. The number of carbonyl (C=O) groups excluding carboxylic acids is 2. The van der Waals surface area contributed by atoms with Crippen LogP contribution in [0.4, 0.5) is 0 Å². The Morgan fingerprint density at radius 2 is 2.26 bits per heavy atom. The first-order valence-corrected chi connectivity index (χ1v) is 7.26. The highest BCUT2D eigenvalue weighted by atomic mass is 32.1. The lowest BCUT2D eigenvalue weighted by Crippen LogP contribution is -2.45. The molecule has 1 aromatic rings. The highest BCUT2D eigenvalue weighted by Crippen LogP contribution is 2.29. The minimum Gasteiger partial charge on any atom is -0.392 e. The molecule has 1 aliphatic rings. The number of carbonyl (C=O) groups is 2. The quantitative estimate of drug-likeness (QED) is 0.618. The Kier molecular flexibility index (Phi) is 4.49. The Hall–Kier alpha value is -1.47. The molecule has 1 heterocycles. The van der Waals surface area contributed by atoms with E-state index >= 15 is 0 Å². The van der Waals surface area contributed by atoms with Gasteiger partial charge >= 0.3 is 11.8 Å². The minimum atomic E-state index is -0.642. The van der Waals surface area contributed by atoms with Crippen molar-refractivity contribution in [3.63, 3.8) is 0 Å².